The fourth-order valence-electron chi connectivity index (χ4n) is 2.23. The smallest absolute Gasteiger partial charge is 0.261 e. The lowest BCUT2D eigenvalue weighted by Crippen LogP contribution is -1.84. The van der Waals surface area contributed by atoms with Gasteiger partial charge >= 0.3 is 0 Å². The Morgan fingerprint density at radius 3 is 3.00 bits per heavy atom. The molecule has 0 radical (unpaired) electrons. The first-order valence-corrected chi connectivity index (χ1v) is 5.53. The molecule has 0 N–H and O–H groups in total. The van der Waals surface area contributed by atoms with Gasteiger partial charge in [0, 0.05) is 11.6 Å². The Bertz CT molecular complexity index is 610. The van der Waals surface area contributed by atoms with Gasteiger partial charge in [-0.3, -0.25) is 0 Å². The van der Waals surface area contributed by atoms with Crippen molar-refractivity contribution in [1.82, 2.24) is 5.16 Å². The monoisotopic (exact) mass is 226 g/mol. The molecule has 84 valence electrons. The van der Waals surface area contributed by atoms with Gasteiger partial charge in [0.2, 0.25) is 6.08 Å². The molecule has 1 heterocycles. The number of aliphatic imine (C=N–C) groups is 1. The maximum absolute atomic E-state index is 10.1. The molecule has 2 aromatic rings. The van der Waals surface area contributed by atoms with Crippen LogP contribution in [0.4, 0.5) is 5.88 Å². The minimum atomic E-state index is 0.190. The SMILES string of the molecule is O=C=Nc1cc(-c2ccc3c(c2)CCC3)no1. The topological polar surface area (TPSA) is 55.5 Å². The van der Waals surface area contributed by atoms with Crippen LogP contribution in [0.2, 0.25) is 0 Å². The lowest BCUT2D eigenvalue weighted by Gasteiger charge is -2.00. The minimum absolute atomic E-state index is 0.190. The third-order valence-corrected chi connectivity index (χ3v) is 3.05. The van der Waals surface area contributed by atoms with Crippen LogP contribution in [-0.4, -0.2) is 11.2 Å². The second-order valence-electron chi connectivity index (χ2n) is 4.09. The number of fused-ring (bicyclic) bond motifs is 1. The van der Waals surface area contributed by atoms with E-state index in [0.29, 0.717) is 5.69 Å². The van der Waals surface area contributed by atoms with Gasteiger partial charge in [0.15, 0.2) is 0 Å². The van der Waals surface area contributed by atoms with E-state index in [1.54, 1.807) is 6.07 Å². The van der Waals surface area contributed by atoms with Crippen molar-refractivity contribution in [3.05, 3.63) is 35.4 Å². The van der Waals surface area contributed by atoms with Crippen LogP contribution >= 0.6 is 0 Å². The summed E-state index contributed by atoms with van der Waals surface area (Å²) in [6.07, 6.45) is 4.94. The number of rotatable bonds is 2. The fourth-order valence-corrected chi connectivity index (χ4v) is 2.23. The van der Waals surface area contributed by atoms with Gasteiger partial charge in [0.25, 0.3) is 5.88 Å². The normalized spacial score (nSPS) is 13.2. The van der Waals surface area contributed by atoms with Gasteiger partial charge < -0.3 is 4.52 Å². The van der Waals surface area contributed by atoms with E-state index in [2.05, 4.69) is 22.3 Å². The van der Waals surface area contributed by atoms with E-state index < -0.39 is 0 Å². The summed E-state index contributed by atoms with van der Waals surface area (Å²) in [6, 6.07) is 7.93. The maximum atomic E-state index is 10.1. The van der Waals surface area contributed by atoms with Crippen LogP contribution in [0.15, 0.2) is 33.8 Å². The number of carbonyl (C=O) groups excluding carboxylic acids is 1. The molecule has 0 saturated heterocycles. The first kappa shape index (κ1) is 10.00. The molecule has 1 aliphatic rings. The third kappa shape index (κ3) is 1.79. The molecule has 1 aromatic carbocycles. The van der Waals surface area contributed by atoms with Crippen LogP contribution in [0.1, 0.15) is 17.5 Å². The number of hydrogen-bond acceptors (Lipinski definition) is 4. The summed E-state index contributed by atoms with van der Waals surface area (Å²) >= 11 is 0. The van der Waals surface area contributed by atoms with Gasteiger partial charge in [0.05, 0.1) is 0 Å². The summed E-state index contributed by atoms with van der Waals surface area (Å²) < 4.78 is 4.90. The van der Waals surface area contributed by atoms with Crippen molar-refractivity contribution >= 4 is 12.0 Å². The van der Waals surface area contributed by atoms with Crippen LogP contribution in [0.25, 0.3) is 11.3 Å². The van der Waals surface area contributed by atoms with E-state index in [0.717, 1.165) is 18.4 Å². The number of aromatic nitrogens is 1. The summed E-state index contributed by atoms with van der Waals surface area (Å²) in [6.45, 7) is 0. The zero-order valence-electron chi connectivity index (χ0n) is 9.14. The second-order valence-corrected chi connectivity index (χ2v) is 4.09. The van der Waals surface area contributed by atoms with Crippen molar-refractivity contribution in [2.45, 2.75) is 19.3 Å². The van der Waals surface area contributed by atoms with Crippen LogP contribution in [0, 0.1) is 0 Å². The predicted molar refractivity (Wildman–Crippen MR) is 61.7 cm³/mol. The third-order valence-electron chi connectivity index (χ3n) is 3.05. The van der Waals surface area contributed by atoms with E-state index in [-0.39, 0.29) is 5.88 Å². The van der Waals surface area contributed by atoms with Gasteiger partial charge in [-0.25, -0.2) is 4.79 Å². The Balaban J connectivity index is 2.00. The van der Waals surface area contributed by atoms with Crippen molar-refractivity contribution < 1.29 is 9.32 Å². The standard InChI is InChI=1S/C13H10N2O2/c16-8-14-13-7-12(15-17-13)11-5-4-9-2-1-3-10(9)6-11/h4-7H,1-3H2. The fraction of sp³-hybridized carbons (Fsp3) is 0.231. The Hall–Kier alpha value is -2.19. The molecule has 0 unspecified atom stereocenters. The minimum Gasteiger partial charge on any atom is -0.335 e. The molecule has 0 spiro atoms. The maximum Gasteiger partial charge on any atom is 0.261 e. The summed E-state index contributed by atoms with van der Waals surface area (Å²) in [7, 11) is 0. The van der Waals surface area contributed by atoms with Gasteiger partial charge in [-0.05, 0) is 36.5 Å². The Kier molecular flexibility index (Phi) is 2.35. The van der Waals surface area contributed by atoms with E-state index in [9.17, 15) is 4.79 Å². The molecule has 0 amide bonds. The highest BCUT2D eigenvalue weighted by Gasteiger charge is 2.13. The van der Waals surface area contributed by atoms with E-state index in [1.807, 2.05) is 6.07 Å². The van der Waals surface area contributed by atoms with Crippen molar-refractivity contribution in [1.29, 1.82) is 0 Å². The second kappa shape index (κ2) is 4.00. The molecule has 3 rings (SSSR count). The molecule has 0 aliphatic heterocycles. The zero-order valence-corrected chi connectivity index (χ0v) is 9.14. The van der Waals surface area contributed by atoms with Crippen LogP contribution in [-0.2, 0) is 17.6 Å². The molecule has 0 bridgehead atoms. The number of aryl methyl sites for hydroxylation is 2. The van der Waals surface area contributed by atoms with Crippen LogP contribution in [0.5, 0.6) is 0 Å². The van der Waals surface area contributed by atoms with Crippen molar-refractivity contribution in [3.63, 3.8) is 0 Å². The average Bonchev–Trinajstić information content (AvgIpc) is 2.96. The van der Waals surface area contributed by atoms with Crippen molar-refractivity contribution in [2.24, 2.45) is 4.99 Å². The molecule has 1 aromatic heterocycles. The van der Waals surface area contributed by atoms with E-state index >= 15 is 0 Å². The summed E-state index contributed by atoms with van der Waals surface area (Å²) in [5.41, 5.74) is 4.50. The van der Waals surface area contributed by atoms with Gasteiger partial charge in [0.1, 0.15) is 5.69 Å². The van der Waals surface area contributed by atoms with Gasteiger partial charge in [-0.15, -0.1) is 4.99 Å². The first-order chi connectivity index (χ1) is 8.36. The van der Waals surface area contributed by atoms with Crippen molar-refractivity contribution in [3.8, 4) is 11.3 Å². The number of isocyanates is 1. The number of benzene rings is 1. The summed E-state index contributed by atoms with van der Waals surface area (Å²) in [5, 5.41) is 3.88. The largest absolute Gasteiger partial charge is 0.335 e. The highest BCUT2D eigenvalue weighted by atomic mass is 16.5. The molecule has 4 nitrogen and oxygen atoms in total. The lowest BCUT2D eigenvalue weighted by atomic mass is 10.0. The Morgan fingerprint density at radius 2 is 2.12 bits per heavy atom. The molecular weight excluding hydrogens is 216 g/mol. The number of hydrogen-bond donors (Lipinski definition) is 0. The molecule has 0 saturated carbocycles. The zero-order chi connectivity index (χ0) is 11.7. The predicted octanol–water partition coefficient (Wildman–Crippen LogP) is 2.80. The van der Waals surface area contributed by atoms with E-state index in [4.69, 9.17) is 4.52 Å². The molecule has 0 fully saturated rings. The van der Waals surface area contributed by atoms with Crippen LogP contribution < -0.4 is 0 Å². The Labute approximate surface area is 98.0 Å². The molecule has 17 heavy (non-hydrogen) atoms. The lowest BCUT2D eigenvalue weighted by molar-refractivity contribution is 0.432. The molecular formula is C13H10N2O2. The summed E-state index contributed by atoms with van der Waals surface area (Å²) in [4.78, 5) is 13.5. The molecule has 1 aliphatic carbocycles. The van der Waals surface area contributed by atoms with Gasteiger partial charge in [-0.1, -0.05) is 17.3 Å². The summed E-state index contributed by atoms with van der Waals surface area (Å²) in [5.74, 6) is 0.190. The Morgan fingerprint density at radius 1 is 1.24 bits per heavy atom. The highest BCUT2D eigenvalue weighted by Crippen LogP contribution is 2.29. The number of nitrogens with zero attached hydrogens (tertiary/aromatic N) is 2. The van der Waals surface area contributed by atoms with Crippen molar-refractivity contribution in [2.75, 3.05) is 0 Å². The molecule has 4 heteroatoms. The highest BCUT2D eigenvalue weighted by molar-refractivity contribution is 5.63. The van der Waals surface area contributed by atoms with E-state index in [1.165, 1.54) is 23.6 Å². The molecule has 0 atom stereocenters. The first-order valence-electron chi connectivity index (χ1n) is 5.53. The quantitative estimate of drug-likeness (QED) is 0.584. The van der Waals surface area contributed by atoms with Gasteiger partial charge in [-0.2, -0.15) is 0 Å². The van der Waals surface area contributed by atoms with Crippen LogP contribution in [0.3, 0.4) is 0 Å². The average molecular weight is 226 g/mol.